The van der Waals surface area contributed by atoms with Crippen molar-refractivity contribution in [2.45, 2.75) is 28.7 Å². The molecule has 132 valence electrons. The zero-order valence-electron chi connectivity index (χ0n) is 14.1. The Morgan fingerprint density at radius 1 is 1.08 bits per heavy atom. The maximum Gasteiger partial charge on any atom is 0.252 e. The number of rotatable bonds is 8. The molecule has 1 aliphatic rings. The van der Waals surface area contributed by atoms with Crippen LogP contribution in [-0.4, -0.2) is 36.7 Å². The number of ether oxygens (including phenoxy) is 1. The van der Waals surface area contributed by atoms with Crippen molar-refractivity contribution in [3.63, 3.8) is 0 Å². The van der Waals surface area contributed by atoms with Gasteiger partial charge in [0.05, 0.1) is 11.7 Å². The Bertz CT molecular complexity index is 672. The molecule has 1 unspecified atom stereocenters. The van der Waals surface area contributed by atoms with Gasteiger partial charge >= 0.3 is 0 Å². The van der Waals surface area contributed by atoms with E-state index in [1.54, 1.807) is 23.5 Å². The van der Waals surface area contributed by atoms with E-state index in [2.05, 4.69) is 17.4 Å². The Kier molecular flexibility index (Phi) is 7.27. The van der Waals surface area contributed by atoms with Crippen molar-refractivity contribution >= 4 is 29.4 Å². The molecule has 5 heteroatoms. The fourth-order valence-corrected chi connectivity index (χ4v) is 4.59. The van der Waals surface area contributed by atoms with Gasteiger partial charge in [-0.2, -0.15) is 0 Å². The monoisotopic (exact) mass is 373 g/mol. The summed E-state index contributed by atoms with van der Waals surface area (Å²) in [4.78, 5) is 14.8. The molecule has 0 saturated carbocycles. The molecule has 2 aromatic rings. The molecular weight excluding hydrogens is 350 g/mol. The molecule has 0 spiro atoms. The highest BCUT2D eigenvalue weighted by atomic mass is 32.2. The summed E-state index contributed by atoms with van der Waals surface area (Å²) in [5.74, 6) is 1.78. The average molecular weight is 374 g/mol. The summed E-state index contributed by atoms with van der Waals surface area (Å²) in [6.07, 6.45) is 2.59. The van der Waals surface area contributed by atoms with Gasteiger partial charge in [0.2, 0.25) is 0 Å². The summed E-state index contributed by atoms with van der Waals surface area (Å²) in [6, 6.07) is 18.1. The van der Waals surface area contributed by atoms with E-state index < -0.39 is 0 Å². The lowest BCUT2D eigenvalue weighted by atomic mass is 10.2. The van der Waals surface area contributed by atoms with Crippen LogP contribution < -0.4 is 5.32 Å². The van der Waals surface area contributed by atoms with E-state index in [0.29, 0.717) is 12.6 Å². The average Bonchev–Trinajstić information content (AvgIpc) is 3.18. The van der Waals surface area contributed by atoms with Crippen LogP contribution in [0.25, 0.3) is 0 Å². The minimum absolute atomic E-state index is 0.00380. The SMILES string of the molecule is O=C(NCCSc1ccccc1)c1ccccc1SCC1CCCO1. The lowest BCUT2D eigenvalue weighted by Crippen LogP contribution is -2.26. The van der Waals surface area contributed by atoms with E-state index in [0.717, 1.165) is 41.4 Å². The quantitative estimate of drug-likeness (QED) is 0.547. The predicted molar refractivity (Wildman–Crippen MR) is 106 cm³/mol. The van der Waals surface area contributed by atoms with Crippen molar-refractivity contribution < 1.29 is 9.53 Å². The van der Waals surface area contributed by atoms with Gasteiger partial charge in [0, 0.05) is 34.4 Å². The summed E-state index contributed by atoms with van der Waals surface area (Å²) in [6.45, 7) is 1.52. The Morgan fingerprint density at radius 2 is 1.88 bits per heavy atom. The van der Waals surface area contributed by atoms with Crippen molar-refractivity contribution in [3.8, 4) is 0 Å². The van der Waals surface area contributed by atoms with Crippen LogP contribution in [0.15, 0.2) is 64.4 Å². The van der Waals surface area contributed by atoms with Crippen molar-refractivity contribution in [2.24, 2.45) is 0 Å². The Balaban J connectivity index is 1.47. The van der Waals surface area contributed by atoms with Crippen LogP contribution in [0, 0.1) is 0 Å². The molecule has 1 N–H and O–H groups in total. The molecule has 1 fully saturated rings. The van der Waals surface area contributed by atoms with E-state index in [-0.39, 0.29) is 5.91 Å². The summed E-state index contributed by atoms with van der Waals surface area (Å²) >= 11 is 3.47. The highest BCUT2D eigenvalue weighted by molar-refractivity contribution is 7.99. The number of hydrogen-bond donors (Lipinski definition) is 1. The van der Waals surface area contributed by atoms with Crippen LogP contribution in [0.3, 0.4) is 0 Å². The van der Waals surface area contributed by atoms with Gasteiger partial charge in [-0.15, -0.1) is 23.5 Å². The zero-order chi connectivity index (χ0) is 17.3. The zero-order valence-corrected chi connectivity index (χ0v) is 15.8. The molecule has 0 bridgehead atoms. The molecular formula is C20H23NO2S2. The third-order valence-electron chi connectivity index (χ3n) is 3.98. The number of hydrogen-bond acceptors (Lipinski definition) is 4. The minimum atomic E-state index is 0.00380. The Hall–Kier alpha value is -1.43. The van der Waals surface area contributed by atoms with Gasteiger partial charge < -0.3 is 10.1 Å². The smallest absolute Gasteiger partial charge is 0.252 e. The van der Waals surface area contributed by atoms with Gasteiger partial charge in [-0.25, -0.2) is 0 Å². The Labute approximate surface area is 157 Å². The second kappa shape index (κ2) is 9.90. The molecule has 1 atom stereocenters. The van der Waals surface area contributed by atoms with Gasteiger partial charge in [-0.05, 0) is 37.1 Å². The first-order valence-electron chi connectivity index (χ1n) is 8.62. The standard InChI is InChI=1S/C20H23NO2S2/c22-20(21-12-14-24-17-8-2-1-3-9-17)18-10-4-5-11-19(18)25-15-16-7-6-13-23-16/h1-5,8-11,16H,6-7,12-15H2,(H,21,22). The number of nitrogens with one attached hydrogen (secondary N) is 1. The summed E-state index contributed by atoms with van der Waals surface area (Å²) in [7, 11) is 0. The molecule has 1 heterocycles. The van der Waals surface area contributed by atoms with Crippen LogP contribution in [0.5, 0.6) is 0 Å². The molecule has 0 radical (unpaired) electrons. The molecule has 25 heavy (non-hydrogen) atoms. The molecule has 1 saturated heterocycles. The van der Waals surface area contributed by atoms with Crippen LogP contribution in [-0.2, 0) is 4.74 Å². The summed E-state index contributed by atoms with van der Waals surface area (Å²) < 4.78 is 5.67. The predicted octanol–water partition coefficient (Wildman–Crippen LogP) is 4.48. The topological polar surface area (TPSA) is 38.3 Å². The second-order valence-corrected chi connectivity index (χ2v) is 8.09. The second-order valence-electron chi connectivity index (χ2n) is 5.86. The molecule has 0 aromatic heterocycles. The van der Waals surface area contributed by atoms with Gasteiger partial charge in [0.25, 0.3) is 5.91 Å². The van der Waals surface area contributed by atoms with E-state index in [1.807, 2.05) is 42.5 Å². The molecule has 1 amide bonds. The van der Waals surface area contributed by atoms with E-state index in [4.69, 9.17) is 4.74 Å². The first kappa shape index (κ1) is 18.4. The largest absolute Gasteiger partial charge is 0.377 e. The highest BCUT2D eigenvalue weighted by Crippen LogP contribution is 2.26. The molecule has 1 aliphatic heterocycles. The number of carbonyl (C=O) groups is 1. The maximum atomic E-state index is 12.5. The first-order chi connectivity index (χ1) is 12.3. The Morgan fingerprint density at radius 3 is 2.68 bits per heavy atom. The third kappa shape index (κ3) is 5.80. The van der Waals surface area contributed by atoms with Crippen molar-refractivity contribution in [3.05, 3.63) is 60.2 Å². The first-order valence-corrected chi connectivity index (χ1v) is 10.6. The molecule has 3 rings (SSSR count). The lowest BCUT2D eigenvalue weighted by molar-refractivity contribution is 0.0953. The van der Waals surface area contributed by atoms with E-state index in [1.165, 1.54) is 4.90 Å². The fourth-order valence-electron chi connectivity index (χ4n) is 2.68. The van der Waals surface area contributed by atoms with Crippen molar-refractivity contribution in [2.75, 3.05) is 24.7 Å². The summed E-state index contributed by atoms with van der Waals surface area (Å²) in [5.41, 5.74) is 0.759. The van der Waals surface area contributed by atoms with E-state index in [9.17, 15) is 4.79 Å². The van der Waals surface area contributed by atoms with E-state index >= 15 is 0 Å². The molecule has 0 aliphatic carbocycles. The summed E-state index contributed by atoms with van der Waals surface area (Å²) in [5, 5.41) is 3.03. The van der Waals surface area contributed by atoms with Crippen LogP contribution in [0.1, 0.15) is 23.2 Å². The lowest BCUT2D eigenvalue weighted by Gasteiger charge is -2.12. The van der Waals surface area contributed by atoms with Gasteiger partial charge in [0.15, 0.2) is 0 Å². The number of benzene rings is 2. The third-order valence-corrected chi connectivity index (χ3v) is 6.20. The van der Waals surface area contributed by atoms with Crippen LogP contribution in [0.4, 0.5) is 0 Å². The maximum absolute atomic E-state index is 12.5. The van der Waals surface area contributed by atoms with Gasteiger partial charge in [-0.1, -0.05) is 30.3 Å². The van der Waals surface area contributed by atoms with Crippen molar-refractivity contribution in [1.29, 1.82) is 0 Å². The number of amides is 1. The normalized spacial score (nSPS) is 16.7. The fraction of sp³-hybridized carbons (Fsp3) is 0.350. The molecule has 3 nitrogen and oxygen atoms in total. The van der Waals surface area contributed by atoms with Crippen LogP contribution in [0.2, 0.25) is 0 Å². The molecule has 2 aromatic carbocycles. The van der Waals surface area contributed by atoms with Gasteiger partial charge in [-0.3, -0.25) is 4.79 Å². The van der Waals surface area contributed by atoms with Crippen LogP contribution >= 0.6 is 23.5 Å². The minimum Gasteiger partial charge on any atom is -0.377 e. The number of thioether (sulfide) groups is 2. The highest BCUT2D eigenvalue weighted by Gasteiger charge is 2.17. The van der Waals surface area contributed by atoms with Crippen molar-refractivity contribution in [1.82, 2.24) is 5.32 Å². The number of carbonyl (C=O) groups excluding carboxylic acids is 1. The van der Waals surface area contributed by atoms with Gasteiger partial charge in [0.1, 0.15) is 0 Å².